The second-order valence-electron chi connectivity index (χ2n) is 7.78. The largest absolute Gasteiger partial charge is 0.342 e. The predicted octanol–water partition coefficient (Wildman–Crippen LogP) is 4.34. The van der Waals surface area contributed by atoms with Gasteiger partial charge in [-0.15, -0.1) is 11.3 Å². The second kappa shape index (κ2) is 9.99. The SMILES string of the molecule is O=C(Nc1nc(CC(=O)N2CCC(C(=O)c3cc(F)ccc3F)CC2)cs1)c1ccccc1. The molecule has 2 aromatic carbocycles. The molecule has 1 saturated heterocycles. The molecule has 3 aromatic rings. The van der Waals surface area contributed by atoms with Gasteiger partial charge in [0, 0.05) is 30.0 Å². The first-order valence-corrected chi connectivity index (χ1v) is 11.4. The van der Waals surface area contributed by atoms with Crippen molar-refractivity contribution in [3.8, 4) is 0 Å². The molecule has 4 rings (SSSR count). The number of Topliss-reactive ketones (excluding diaryl/α,β-unsaturated/α-hetero) is 1. The zero-order valence-electron chi connectivity index (χ0n) is 17.6. The highest BCUT2D eigenvalue weighted by atomic mass is 32.1. The van der Waals surface area contributed by atoms with Crippen LogP contribution in [-0.4, -0.2) is 40.6 Å². The molecule has 2 heterocycles. The molecule has 1 aliphatic heterocycles. The standard InChI is InChI=1S/C24H21F2N3O3S/c25-17-6-7-20(26)19(12-17)22(31)15-8-10-29(11-9-15)21(30)13-18-14-33-24(27-18)28-23(32)16-4-2-1-3-5-16/h1-7,12,14-15H,8-11,13H2,(H,27,28,32). The van der Waals surface area contributed by atoms with Crippen LogP contribution in [0.4, 0.5) is 13.9 Å². The van der Waals surface area contributed by atoms with Gasteiger partial charge >= 0.3 is 0 Å². The Morgan fingerprint density at radius 2 is 1.79 bits per heavy atom. The number of hydrogen-bond acceptors (Lipinski definition) is 5. The maximum Gasteiger partial charge on any atom is 0.257 e. The Kier molecular flexibility index (Phi) is 6.88. The number of nitrogens with zero attached hydrogens (tertiary/aromatic N) is 2. The Morgan fingerprint density at radius 3 is 2.52 bits per heavy atom. The van der Waals surface area contributed by atoms with Crippen LogP contribution in [0.3, 0.4) is 0 Å². The van der Waals surface area contributed by atoms with Crippen molar-refractivity contribution >= 4 is 34.1 Å². The normalized spacial score (nSPS) is 14.2. The zero-order chi connectivity index (χ0) is 23.4. The highest BCUT2D eigenvalue weighted by Gasteiger charge is 2.29. The Morgan fingerprint density at radius 1 is 1.06 bits per heavy atom. The van der Waals surface area contributed by atoms with Crippen LogP contribution >= 0.6 is 11.3 Å². The van der Waals surface area contributed by atoms with Crippen molar-refractivity contribution in [3.05, 3.63) is 82.4 Å². The van der Waals surface area contributed by atoms with Gasteiger partial charge in [-0.3, -0.25) is 19.7 Å². The summed E-state index contributed by atoms with van der Waals surface area (Å²) < 4.78 is 27.3. The van der Waals surface area contributed by atoms with Crippen LogP contribution in [0.15, 0.2) is 53.9 Å². The summed E-state index contributed by atoms with van der Waals surface area (Å²) in [6, 6.07) is 11.6. The number of likely N-dealkylation sites (tertiary alicyclic amines) is 1. The van der Waals surface area contributed by atoms with Crippen LogP contribution in [0.5, 0.6) is 0 Å². The highest BCUT2D eigenvalue weighted by molar-refractivity contribution is 7.14. The minimum absolute atomic E-state index is 0.0782. The van der Waals surface area contributed by atoms with Gasteiger partial charge in [-0.05, 0) is 43.2 Å². The van der Waals surface area contributed by atoms with E-state index in [-0.39, 0.29) is 23.8 Å². The van der Waals surface area contributed by atoms with E-state index in [1.807, 2.05) is 6.07 Å². The third-order valence-corrected chi connectivity index (χ3v) is 6.36. The smallest absolute Gasteiger partial charge is 0.257 e. The maximum absolute atomic E-state index is 13.9. The number of thiazole rings is 1. The molecule has 0 radical (unpaired) electrons. The van der Waals surface area contributed by atoms with Crippen molar-refractivity contribution in [2.45, 2.75) is 19.3 Å². The molecule has 6 nitrogen and oxygen atoms in total. The number of halogens is 2. The summed E-state index contributed by atoms with van der Waals surface area (Å²) in [6.07, 6.45) is 0.848. The zero-order valence-corrected chi connectivity index (χ0v) is 18.4. The first kappa shape index (κ1) is 22.7. The van der Waals surface area contributed by atoms with E-state index in [2.05, 4.69) is 10.3 Å². The molecule has 1 fully saturated rings. The summed E-state index contributed by atoms with van der Waals surface area (Å²) in [5.41, 5.74) is 0.821. The van der Waals surface area contributed by atoms with E-state index in [0.29, 0.717) is 42.3 Å². The molecule has 0 spiro atoms. The van der Waals surface area contributed by atoms with E-state index in [4.69, 9.17) is 0 Å². The molecule has 0 aliphatic carbocycles. The van der Waals surface area contributed by atoms with Gasteiger partial charge < -0.3 is 4.90 Å². The number of aromatic nitrogens is 1. The molecule has 1 aromatic heterocycles. The van der Waals surface area contributed by atoms with E-state index >= 15 is 0 Å². The van der Waals surface area contributed by atoms with Crippen molar-refractivity contribution in [3.63, 3.8) is 0 Å². The monoisotopic (exact) mass is 469 g/mol. The first-order chi connectivity index (χ1) is 15.9. The lowest BCUT2D eigenvalue weighted by Gasteiger charge is -2.31. The van der Waals surface area contributed by atoms with Crippen LogP contribution in [-0.2, 0) is 11.2 Å². The van der Waals surface area contributed by atoms with Gasteiger partial charge in [-0.25, -0.2) is 13.8 Å². The number of amides is 2. The van der Waals surface area contributed by atoms with Gasteiger partial charge in [0.25, 0.3) is 5.91 Å². The lowest BCUT2D eigenvalue weighted by Crippen LogP contribution is -2.41. The molecule has 0 unspecified atom stereocenters. The third kappa shape index (κ3) is 5.48. The molecule has 2 amide bonds. The number of benzene rings is 2. The van der Waals surface area contributed by atoms with Gasteiger partial charge in [-0.1, -0.05) is 18.2 Å². The van der Waals surface area contributed by atoms with Crippen LogP contribution in [0.1, 0.15) is 39.3 Å². The van der Waals surface area contributed by atoms with E-state index in [1.54, 1.807) is 34.5 Å². The van der Waals surface area contributed by atoms with Gasteiger partial charge in [0.2, 0.25) is 5.91 Å². The topological polar surface area (TPSA) is 79.4 Å². The highest BCUT2D eigenvalue weighted by Crippen LogP contribution is 2.25. The molecule has 33 heavy (non-hydrogen) atoms. The average molecular weight is 470 g/mol. The van der Waals surface area contributed by atoms with Crippen molar-refractivity contribution in [1.29, 1.82) is 0 Å². The number of rotatable bonds is 6. The van der Waals surface area contributed by atoms with Gasteiger partial charge in [-0.2, -0.15) is 0 Å². The third-order valence-electron chi connectivity index (χ3n) is 5.55. The average Bonchev–Trinajstić information content (AvgIpc) is 3.27. The number of nitrogens with one attached hydrogen (secondary N) is 1. The number of carbonyl (C=O) groups is 3. The second-order valence-corrected chi connectivity index (χ2v) is 8.64. The minimum Gasteiger partial charge on any atom is -0.342 e. The summed E-state index contributed by atoms with van der Waals surface area (Å²) in [4.78, 5) is 43.4. The molecule has 0 atom stereocenters. The first-order valence-electron chi connectivity index (χ1n) is 10.5. The van der Waals surface area contributed by atoms with E-state index < -0.39 is 23.3 Å². The molecular formula is C24H21F2N3O3S. The quantitative estimate of drug-likeness (QED) is 0.545. The van der Waals surface area contributed by atoms with Crippen molar-refractivity contribution in [2.24, 2.45) is 5.92 Å². The van der Waals surface area contributed by atoms with Gasteiger partial charge in [0.1, 0.15) is 11.6 Å². The minimum atomic E-state index is -0.737. The number of anilines is 1. The molecule has 0 bridgehead atoms. The number of piperidine rings is 1. The van der Waals surface area contributed by atoms with Crippen LogP contribution in [0, 0.1) is 17.6 Å². The van der Waals surface area contributed by atoms with Crippen molar-refractivity contribution in [2.75, 3.05) is 18.4 Å². The summed E-state index contributed by atoms with van der Waals surface area (Å²) in [5, 5.41) is 4.86. The number of hydrogen-bond donors (Lipinski definition) is 1. The van der Waals surface area contributed by atoms with Crippen molar-refractivity contribution in [1.82, 2.24) is 9.88 Å². The molecule has 170 valence electrons. The number of ketones is 1. The van der Waals surface area contributed by atoms with Gasteiger partial charge in [0.15, 0.2) is 10.9 Å². The Hall–Kier alpha value is -3.46. The van der Waals surface area contributed by atoms with Gasteiger partial charge in [0.05, 0.1) is 17.7 Å². The molecule has 1 N–H and O–H groups in total. The molecule has 0 saturated carbocycles. The summed E-state index contributed by atoms with van der Waals surface area (Å²) in [6.45, 7) is 0.710. The Labute approximate surface area is 193 Å². The fourth-order valence-corrected chi connectivity index (χ4v) is 4.47. The maximum atomic E-state index is 13.9. The summed E-state index contributed by atoms with van der Waals surface area (Å²) in [7, 11) is 0. The van der Waals surface area contributed by atoms with Crippen LogP contribution in [0.25, 0.3) is 0 Å². The molecular weight excluding hydrogens is 448 g/mol. The molecule has 1 aliphatic rings. The van der Waals surface area contributed by atoms with Crippen molar-refractivity contribution < 1.29 is 23.2 Å². The fraction of sp³-hybridized carbons (Fsp3) is 0.250. The summed E-state index contributed by atoms with van der Waals surface area (Å²) >= 11 is 1.24. The van der Waals surface area contributed by atoms with E-state index in [0.717, 1.165) is 18.2 Å². The predicted molar refractivity (Wildman–Crippen MR) is 120 cm³/mol. The summed E-state index contributed by atoms with van der Waals surface area (Å²) in [5.74, 6) is -2.69. The molecule has 9 heteroatoms. The lowest BCUT2D eigenvalue weighted by molar-refractivity contribution is -0.131. The Balaban J connectivity index is 1.29. The van der Waals surface area contributed by atoms with Crippen LogP contribution in [0.2, 0.25) is 0 Å². The Bertz CT molecular complexity index is 1170. The van der Waals surface area contributed by atoms with E-state index in [9.17, 15) is 23.2 Å². The van der Waals surface area contributed by atoms with Crippen LogP contribution < -0.4 is 5.32 Å². The fourth-order valence-electron chi connectivity index (χ4n) is 3.77. The van der Waals surface area contributed by atoms with E-state index in [1.165, 1.54) is 11.3 Å². The number of carbonyl (C=O) groups excluding carboxylic acids is 3. The lowest BCUT2D eigenvalue weighted by atomic mass is 9.88.